The summed E-state index contributed by atoms with van der Waals surface area (Å²) >= 11 is 0. The van der Waals surface area contributed by atoms with Crippen LogP contribution in [0.15, 0.2) is 121 Å². The molecule has 0 amide bonds. The number of allylic oxidation sites excluding steroid dienone is 6. The third-order valence-corrected chi connectivity index (χ3v) is 7.44. The summed E-state index contributed by atoms with van der Waals surface area (Å²) in [6.07, 6.45) is 17.4. The van der Waals surface area contributed by atoms with Gasteiger partial charge in [-0.05, 0) is 77.8 Å². The van der Waals surface area contributed by atoms with Crippen molar-refractivity contribution in [2.75, 3.05) is 12.4 Å². The van der Waals surface area contributed by atoms with Gasteiger partial charge in [-0.15, -0.1) is 0 Å². The van der Waals surface area contributed by atoms with Crippen molar-refractivity contribution < 1.29 is 4.74 Å². The van der Waals surface area contributed by atoms with Crippen molar-refractivity contribution in [1.82, 2.24) is 0 Å². The van der Waals surface area contributed by atoms with E-state index in [1.165, 1.54) is 27.8 Å². The van der Waals surface area contributed by atoms with Gasteiger partial charge in [0.15, 0.2) is 0 Å². The van der Waals surface area contributed by atoms with Crippen LogP contribution in [0, 0.1) is 5.92 Å². The summed E-state index contributed by atoms with van der Waals surface area (Å²) in [6.45, 7) is 4.30. The number of methoxy groups -OCH3 is 1. The van der Waals surface area contributed by atoms with Gasteiger partial charge in [0.25, 0.3) is 0 Å². The second-order valence-electron chi connectivity index (χ2n) is 9.65. The van der Waals surface area contributed by atoms with Crippen molar-refractivity contribution in [2.45, 2.75) is 38.1 Å². The lowest BCUT2D eigenvalue weighted by Crippen LogP contribution is -2.35. The predicted octanol–water partition coefficient (Wildman–Crippen LogP) is 8.43. The Morgan fingerprint density at radius 1 is 1.00 bits per heavy atom. The Kier molecular flexibility index (Phi) is 6.95. The number of benzene rings is 3. The van der Waals surface area contributed by atoms with Gasteiger partial charge in [0.1, 0.15) is 5.76 Å². The molecule has 2 heteroatoms. The molecule has 2 aliphatic carbocycles. The van der Waals surface area contributed by atoms with E-state index in [4.69, 9.17) is 4.74 Å². The Hall–Kier alpha value is -3.78. The zero-order valence-corrected chi connectivity index (χ0v) is 21.4. The van der Waals surface area contributed by atoms with Gasteiger partial charge >= 0.3 is 0 Å². The van der Waals surface area contributed by atoms with Crippen molar-refractivity contribution in [3.8, 4) is 11.1 Å². The summed E-state index contributed by atoms with van der Waals surface area (Å²) < 4.78 is 5.47. The van der Waals surface area contributed by atoms with Gasteiger partial charge in [-0.25, -0.2) is 0 Å². The number of fused-ring (bicyclic) bond motifs is 3. The average molecular weight is 474 g/mol. The topological polar surface area (TPSA) is 21.3 Å². The lowest BCUT2D eigenvalue weighted by molar-refractivity contribution is 0.305. The summed E-state index contributed by atoms with van der Waals surface area (Å²) in [5, 5.41) is 3.71. The summed E-state index contributed by atoms with van der Waals surface area (Å²) in [7, 11) is 1.72. The zero-order chi connectivity index (χ0) is 25.0. The lowest BCUT2D eigenvalue weighted by Gasteiger charge is -2.39. The van der Waals surface area contributed by atoms with Crippen LogP contribution in [0.4, 0.5) is 5.69 Å². The Morgan fingerprint density at radius 3 is 2.53 bits per heavy atom. The third kappa shape index (κ3) is 4.22. The minimum atomic E-state index is -0.238. The van der Waals surface area contributed by atoms with Crippen molar-refractivity contribution in [3.05, 3.63) is 138 Å². The maximum Gasteiger partial charge on any atom is 0.114 e. The number of ether oxygens (including phenoxy) is 1. The van der Waals surface area contributed by atoms with Crippen molar-refractivity contribution in [3.63, 3.8) is 0 Å². The Bertz CT molecular complexity index is 1330. The van der Waals surface area contributed by atoms with Crippen molar-refractivity contribution >= 4 is 5.69 Å². The Morgan fingerprint density at radius 2 is 1.78 bits per heavy atom. The molecule has 2 nitrogen and oxygen atoms in total. The highest BCUT2D eigenvalue weighted by Gasteiger charge is 2.49. The van der Waals surface area contributed by atoms with E-state index in [1.54, 1.807) is 7.11 Å². The van der Waals surface area contributed by atoms with E-state index < -0.39 is 0 Å². The van der Waals surface area contributed by atoms with Gasteiger partial charge in [-0.2, -0.15) is 0 Å². The molecule has 0 saturated heterocycles. The van der Waals surface area contributed by atoms with Crippen LogP contribution in [-0.2, 0) is 10.2 Å². The molecule has 3 aromatic rings. The van der Waals surface area contributed by atoms with E-state index in [9.17, 15) is 0 Å². The number of rotatable bonds is 8. The van der Waals surface area contributed by atoms with E-state index >= 15 is 0 Å². The molecular weight excluding hydrogens is 438 g/mol. The quantitative estimate of drug-likeness (QED) is 0.262. The SMILES string of the molecule is CC/C=C(\C=C/C(C)Nc1ccc2c(c1)C(c1ccccc1)(C1C=CC=CC1)c1ccccc1-2)OC. The van der Waals surface area contributed by atoms with E-state index in [-0.39, 0.29) is 11.5 Å². The summed E-state index contributed by atoms with van der Waals surface area (Å²) in [5.74, 6) is 1.24. The molecule has 0 heterocycles. The molecule has 1 N–H and O–H groups in total. The van der Waals surface area contributed by atoms with Crippen LogP contribution in [0.2, 0.25) is 0 Å². The zero-order valence-electron chi connectivity index (χ0n) is 21.4. The molecule has 0 radical (unpaired) electrons. The third-order valence-electron chi connectivity index (χ3n) is 7.44. The van der Waals surface area contributed by atoms with Crippen LogP contribution < -0.4 is 5.32 Å². The van der Waals surface area contributed by atoms with Crippen LogP contribution in [0.1, 0.15) is 43.4 Å². The lowest BCUT2D eigenvalue weighted by atomic mass is 9.62. The second kappa shape index (κ2) is 10.5. The maximum absolute atomic E-state index is 5.47. The van der Waals surface area contributed by atoms with Gasteiger partial charge in [-0.1, -0.05) is 98.0 Å². The number of nitrogens with one attached hydrogen (secondary N) is 1. The molecule has 5 rings (SSSR count). The molecule has 0 aliphatic heterocycles. The molecule has 0 saturated carbocycles. The molecule has 0 fully saturated rings. The molecule has 36 heavy (non-hydrogen) atoms. The molecule has 3 aromatic carbocycles. The molecule has 3 atom stereocenters. The number of anilines is 1. The first-order valence-electron chi connectivity index (χ1n) is 13.0. The fraction of sp³-hybridized carbons (Fsp3) is 0.235. The van der Waals surface area contributed by atoms with Gasteiger partial charge in [0.2, 0.25) is 0 Å². The van der Waals surface area contributed by atoms with E-state index in [0.717, 1.165) is 24.3 Å². The molecule has 2 aliphatic rings. The van der Waals surface area contributed by atoms with Gasteiger partial charge in [0.05, 0.1) is 12.5 Å². The molecular formula is C34H35NO. The largest absolute Gasteiger partial charge is 0.497 e. The second-order valence-corrected chi connectivity index (χ2v) is 9.65. The fourth-order valence-corrected chi connectivity index (χ4v) is 5.90. The number of hydrogen-bond acceptors (Lipinski definition) is 2. The molecule has 3 unspecified atom stereocenters. The highest BCUT2D eigenvalue weighted by Crippen LogP contribution is 2.58. The fourth-order valence-electron chi connectivity index (χ4n) is 5.90. The molecule has 0 bridgehead atoms. The minimum absolute atomic E-state index is 0.158. The van der Waals surface area contributed by atoms with Crippen molar-refractivity contribution in [2.24, 2.45) is 5.92 Å². The van der Waals surface area contributed by atoms with Gasteiger partial charge < -0.3 is 10.1 Å². The first-order chi connectivity index (χ1) is 17.7. The normalized spacial score (nSPS) is 21.3. The highest BCUT2D eigenvalue weighted by molar-refractivity contribution is 5.85. The van der Waals surface area contributed by atoms with Crippen LogP contribution >= 0.6 is 0 Å². The highest BCUT2D eigenvalue weighted by atomic mass is 16.5. The van der Waals surface area contributed by atoms with Crippen LogP contribution in [0.3, 0.4) is 0 Å². The molecule has 0 spiro atoms. The Labute approximate surface area is 215 Å². The average Bonchev–Trinajstić information content (AvgIpc) is 3.22. The smallest absolute Gasteiger partial charge is 0.114 e. The van der Waals surface area contributed by atoms with Crippen LogP contribution in [0.25, 0.3) is 11.1 Å². The first kappa shape index (κ1) is 23.9. The monoisotopic (exact) mass is 473 g/mol. The standard InChI is InChI=1S/C34H35NO/c1-4-13-29(36-3)22-20-25(2)35-28-21-23-31-30-18-11-12-19-32(30)34(33(31)24-28,26-14-7-5-8-15-26)27-16-9-6-10-17-27/h5-16,18-25,27,35H,4,17H2,1-3H3/b22-20-,29-13+. The predicted molar refractivity (Wildman–Crippen MR) is 152 cm³/mol. The first-order valence-corrected chi connectivity index (χ1v) is 13.0. The van der Waals surface area contributed by atoms with E-state index in [0.29, 0.717) is 5.92 Å². The summed E-state index contributed by atoms with van der Waals surface area (Å²) in [6, 6.07) is 27.1. The number of hydrogen-bond donors (Lipinski definition) is 1. The van der Waals surface area contributed by atoms with Crippen molar-refractivity contribution in [1.29, 1.82) is 0 Å². The molecule has 182 valence electrons. The summed E-state index contributed by atoms with van der Waals surface area (Å²) in [4.78, 5) is 0. The molecule has 0 aromatic heterocycles. The van der Waals surface area contributed by atoms with Gasteiger partial charge in [0, 0.05) is 11.7 Å². The van der Waals surface area contributed by atoms with Gasteiger partial charge in [-0.3, -0.25) is 0 Å². The van der Waals surface area contributed by atoms with Crippen LogP contribution in [-0.4, -0.2) is 13.2 Å². The minimum Gasteiger partial charge on any atom is -0.497 e. The maximum atomic E-state index is 5.47. The summed E-state index contributed by atoms with van der Waals surface area (Å²) in [5.41, 5.74) is 7.69. The van der Waals surface area contributed by atoms with E-state index in [1.807, 2.05) is 0 Å². The van der Waals surface area contributed by atoms with E-state index in [2.05, 4.69) is 134 Å². The Balaban J connectivity index is 1.61. The van der Waals surface area contributed by atoms with Crippen LogP contribution in [0.5, 0.6) is 0 Å².